The fourth-order valence-corrected chi connectivity index (χ4v) is 3.32. The van der Waals surface area contributed by atoms with Gasteiger partial charge in [-0.1, -0.05) is 11.2 Å². The molecule has 130 valence electrons. The molecule has 3 aromatic rings. The highest BCUT2D eigenvalue weighted by Crippen LogP contribution is 2.26. The van der Waals surface area contributed by atoms with Gasteiger partial charge in [0.15, 0.2) is 5.76 Å². The summed E-state index contributed by atoms with van der Waals surface area (Å²) in [7, 11) is 0. The van der Waals surface area contributed by atoms with Crippen molar-refractivity contribution in [2.75, 3.05) is 32.8 Å². The van der Waals surface area contributed by atoms with E-state index in [4.69, 9.17) is 14.2 Å². The summed E-state index contributed by atoms with van der Waals surface area (Å²) in [5.41, 5.74) is 5.27. The number of hydrogen-bond acceptors (Lipinski definition) is 5. The zero-order valence-electron chi connectivity index (χ0n) is 14.8. The van der Waals surface area contributed by atoms with Crippen LogP contribution in [0.3, 0.4) is 0 Å². The van der Waals surface area contributed by atoms with Crippen LogP contribution in [-0.2, 0) is 11.2 Å². The number of nitrogens with zero attached hydrogens (tertiary/aromatic N) is 3. The van der Waals surface area contributed by atoms with Crippen molar-refractivity contribution in [2.45, 2.75) is 20.3 Å². The average Bonchev–Trinajstić information content (AvgIpc) is 3.07. The summed E-state index contributed by atoms with van der Waals surface area (Å²) < 4.78 is 10.8. The SMILES string of the molecule is Cc1cc(-c2cc(C)c3cc(CCN4CCOCC4)ccc3n2)on1. The highest BCUT2D eigenvalue weighted by atomic mass is 16.5. The summed E-state index contributed by atoms with van der Waals surface area (Å²) in [6.45, 7) is 8.90. The maximum absolute atomic E-state index is 5.41. The first-order valence-corrected chi connectivity index (χ1v) is 8.83. The molecule has 4 rings (SSSR count). The summed E-state index contributed by atoms with van der Waals surface area (Å²) in [6.07, 6.45) is 1.05. The normalized spacial score (nSPS) is 15.8. The van der Waals surface area contributed by atoms with E-state index in [9.17, 15) is 0 Å². The van der Waals surface area contributed by atoms with Gasteiger partial charge in [0, 0.05) is 31.1 Å². The second kappa shape index (κ2) is 6.94. The number of rotatable bonds is 4. The molecular formula is C20H23N3O2. The number of benzene rings is 1. The molecule has 2 aromatic heterocycles. The molecule has 0 spiro atoms. The molecule has 1 aromatic carbocycles. The van der Waals surface area contributed by atoms with Crippen molar-refractivity contribution in [2.24, 2.45) is 0 Å². The molecule has 0 atom stereocenters. The molecule has 1 aliphatic heterocycles. The Bertz CT molecular complexity index is 882. The van der Waals surface area contributed by atoms with Crippen LogP contribution in [0.1, 0.15) is 16.8 Å². The Morgan fingerprint density at radius 1 is 1.08 bits per heavy atom. The lowest BCUT2D eigenvalue weighted by Crippen LogP contribution is -2.37. The summed E-state index contributed by atoms with van der Waals surface area (Å²) in [5, 5.41) is 5.16. The molecule has 1 aliphatic rings. The lowest BCUT2D eigenvalue weighted by atomic mass is 10.0. The van der Waals surface area contributed by atoms with E-state index >= 15 is 0 Å². The summed E-state index contributed by atoms with van der Waals surface area (Å²) in [6, 6.07) is 10.6. The van der Waals surface area contributed by atoms with Crippen molar-refractivity contribution in [1.82, 2.24) is 15.0 Å². The zero-order valence-corrected chi connectivity index (χ0v) is 14.8. The van der Waals surface area contributed by atoms with Crippen LogP contribution in [0.4, 0.5) is 0 Å². The Morgan fingerprint density at radius 2 is 1.92 bits per heavy atom. The maximum atomic E-state index is 5.41. The van der Waals surface area contributed by atoms with Crippen LogP contribution in [0.2, 0.25) is 0 Å². The molecule has 3 heterocycles. The molecule has 5 heteroatoms. The van der Waals surface area contributed by atoms with Gasteiger partial charge < -0.3 is 9.26 Å². The van der Waals surface area contributed by atoms with Gasteiger partial charge in [0.1, 0.15) is 5.69 Å². The third-order valence-corrected chi connectivity index (χ3v) is 4.78. The van der Waals surface area contributed by atoms with Crippen molar-refractivity contribution in [3.63, 3.8) is 0 Å². The van der Waals surface area contributed by atoms with Gasteiger partial charge in [0.2, 0.25) is 0 Å². The van der Waals surface area contributed by atoms with Gasteiger partial charge in [-0.05, 0) is 49.6 Å². The van der Waals surface area contributed by atoms with Gasteiger partial charge in [0.05, 0.1) is 24.4 Å². The fourth-order valence-electron chi connectivity index (χ4n) is 3.32. The average molecular weight is 337 g/mol. The van der Waals surface area contributed by atoms with Gasteiger partial charge in [0.25, 0.3) is 0 Å². The number of pyridine rings is 1. The van der Waals surface area contributed by atoms with Crippen LogP contribution in [0.15, 0.2) is 34.9 Å². The smallest absolute Gasteiger partial charge is 0.185 e. The molecule has 1 saturated heterocycles. The van der Waals surface area contributed by atoms with E-state index < -0.39 is 0 Å². The minimum Gasteiger partial charge on any atom is -0.379 e. The number of aromatic nitrogens is 2. The Labute approximate surface area is 147 Å². The monoisotopic (exact) mass is 337 g/mol. The molecule has 25 heavy (non-hydrogen) atoms. The summed E-state index contributed by atoms with van der Waals surface area (Å²) >= 11 is 0. The highest BCUT2D eigenvalue weighted by molar-refractivity contribution is 5.85. The van der Waals surface area contributed by atoms with Gasteiger partial charge in [-0.3, -0.25) is 4.90 Å². The number of hydrogen-bond donors (Lipinski definition) is 0. The molecule has 0 amide bonds. The summed E-state index contributed by atoms with van der Waals surface area (Å²) in [4.78, 5) is 7.22. The Hall–Kier alpha value is -2.24. The summed E-state index contributed by atoms with van der Waals surface area (Å²) in [5.74, 6) is 0.721. The van der Waals surface area contributed by atoms with Crippen molar-refractivity contribution >= 4 is 10.9 Å². The third-order valence-electron chi connectivity index (χ3n) is 4.78. The minimum absolute atomic E-state index is 0.721. The van der Waals surface area contributed by atoms with Crippen LogP contribution < -0.4 is 0 Å². The lowest BCUT2D eigenvalue weighted by molar-refractivity contribution is 0.0384. The van der Waals surface area contributed by atoms with Crippen molar-refractivity contribution in [1.29, 1.82) is 0 Å². The van der Waals surface area contributed by atoms with Crippen molar-refractivity contribution in [3.05, 3.63) is 47.2 Å². The van der Waals surface area contributed by atoms with Crippen molar-refractivity contribution in [3.8, 4) is 11.5 Å². The molecule has 1 fully saturated rings. The van der Waals surface area contributed by atoms with Crippen LogP contribution in [0.5, 0.6) is 0 Å². The molecule has 0 saturated carbocycles. The number of fused-ring (bicyclic) bond motifs is 1. The topological polar surface area (TPSA) is 51.4 Å². The van der Waals surface area contributed by atoms with Crippen LogP contribution in [0, 0.1) is 13.8 Å². The molecule has 0 aliphatic carbocycles. The molecule has 0 unspecified atom stereocenters. The standard InChI is InChI=1S/C20H23N3O2/c1-14-11-19(20-12-15(2)22-25-20)21-18-4-3-16(13-17(14)18)5-6-23-7-9-24-10-8-23/h3-4,11-13H,5-10H2,1-2H3. The fraction of sp³-hybridized carbons (Fsp3) is 0.400. The minimum atomic E-state index is 0.721. The van der Waals surface area contributed by atoms with Gasteiger partial charge in [-0.2, -0.15) is 0 Å². The van der Waals surface area contributed by atoms with E-state index in [2.05, 4.69) is 41.2 Å². The molecule has 0 bridgehead atoms. The van der Waals surface area contributed by atoms with Gasteiger partial charge in [-0.25, -0.2) is 4.98 Å². The quantitative estimate of drug-likeness (QED) is 0.730. The van der Waals surface area contributed by atoms with E-state index in [1.807, 2.05) is 13.0 Å². The first-order valence-electron chi connectivity index (χ1n) is 8.83. The highest BCUT2D eigenvalue weighted by Gasteiger charge is 2.12. The van der Waals surface area contributed by atoms with E-state index in [1.165, 1.54) is 16.5 Å². The van der Waals surface area contributed by atoms with Gasteiger partial charge in [-0.15, -0.1) is 0 Å². The lowest BCUT2D eigenvalue weighted by Gasteiger charge is -2.26. The van der Waals surface area contributed by atoms with Crippen LogP contribution >= 0.6 is 0 Å². The van der Waals surface area contributed by atoms with Gasteiger partial charge >= 0.3 is 0 Å². The second-order valence-electron chi connectivity index (χ2n) is 6.71. The predicted octanol–water partition coefficient (Wildman–Crippen LogP) is 3.38. The van der Waals surface area contributed by atoms with E-state index in [0.29, 0.717) is 0 Å². The number of morpholine rings is 1. The molecular weight excluding hydrogens is 314 g/mol. The van der Waals surface area contributed by atoms with E-state index in [0.717, 1.165) is 61.9 Å². The Balaban J connectivity index is 1.57. The van der Waals surface area contributed by atoms with Crippen LogP contribution in [-0.4, -0.2) is 47.9 Å². The van der Waals surface area contributed by atoms with Crippen molar-refractivity contribution < 1.29 is 9.26 Å². The molecule has 0 N–H and O–H groups in total. The third kappa shape index (κ3) is 3.57. The maximum Gasteiger partial charge on any atom is 0.185 e. The largest absolute Gasteiger partial charge is 0.379 e. The zero-order chi connectivity index (χ0) is 17.2. The second-order valence-corrected chi connectivity index (χ2v) is 6.71. The molecule has 5 nitrogen and oxygen atoms in total. The van der Waals surface area contributed by atoms with Crippen LogP contribution in [0.25, 0.3) is 22.4 Å². The van der Waals surface area contributed by atoms with E-state index in [-0.39, 0.29) is 0 Å². The Kier molecular flexibility index (Phi) is 4.51. The molecule has 0 radical (unpaired) electrons. The predicted molar refractivity (Wildman–Crippen MR) is 97.7 cm³/mol. The van der Waals surface area contributed by atoms with E-state index in [1.54, 1.807) is 0 Å². The first kappa shape index (κ1) is 16.2. The first-order chi connectivity index (χ1) is 12.2. The Morgan fingerprint density at radius 3 is 2.68 bits per heavy atom. The number of aryl methyl sites for hydroxylation is 2. The number of ether oxygens (including phenoxy) is 1.